The van der Waals surface area contributed by atoms with Gasteiger partial charge in [0.2, 0.25) is 5.95 Å². The van der Waals surface area contributed by atoms with Crippen molar-refractivity contribution >= 4 is 119 Å². The minimum Gasteiger partial charge on any atom is -0.456 e. The first-order chi connectivity index (χ1) is 53.0. The van der Waals surface area contributed by atoms with E-state index in [1.807, 2.05) is 109 Å². The van der Waals surface area contributed by atoms with Crippen molar-refractivity contribution in [3.8, 4) is 102 Å². The molecule has 7 aromatic heterocycles. The van der Waals surface area contributed by atoms with E-state index in [0.29, 0.717) is 35.1 Å². The molecule has 0 fully saturated rings. The molecule has 0 saturated heterocycles. The predicted octanol–water partition coefficient (Wildman–Crippen LogP) is 25.4. The lowest BCUT2D eigenvalue weighted by Crippen LogP contribution is -2.06. The van der Waals surface area contributed by atoms with Crippen LogP contribution in [0.2, 0.25) is 0 Å². The summed E-state index contributed by atoms with van der Waals surface area (Å²) in [7, 11) is 0. The van der Waals surface area contributed by atoms with E-state index in [1.165, 1.54) is 30.9 Å². The van der Waals surface area contributed by atoms with Crippen LogP contribution in [0, 0.1) is 0 Å². The van der Waals surface area contributed by atoms with Crippen LogP contribution in [-0.4, -0.2) is 39.0 Å². The Kier molecular flexibility index (Phi) is 14.5. The van der Waals surface area contributed by atoms with Gasteiger partial charge in [0, 0.05) is 96.8 Å². The summed E-state index contributed by atoms with van der Waals surface area (Å²) in [6.07, 6.45) is 0. The Hall–Kier alpha value is -14.3. The number of furan rings is 2. The third-order valence-corrected chi connectivity index (χ3v) is 21.8. The molecule has 0 aliphatic rings. The molecule has 0 radical (unpaired) electrons. The number of benzene rings is 15. The number of nitrogens with zero attached hydrogens (tertiary/aromatic N) is 8. The fourth-order valence-electron chi connectivity index (χ4n) is 15.5. The number of para-hydroxylation sites is 4. The second kappa shape index (κ2) is 25.3. The van der Waals surface area contributed by atoms with Crippen molar-refractivity contribution in [2.45, 2.75) is 0 Å². The summed E-state index contributed by atoms with van der Waals surface area (Å²) < 4.78 is 19.4. The Morgan fingerprint density at radius 3 is 1.18 bits per heavy atom. The second-order valence-electron chi connectivity index (χ2n) is 26.8. The highest BCUT2D eigenvalue weighted by Crippen LogP contribution is 2.44. The van der Waals surface area contributed by atoms with Gasteiger partial charge >= 0.3 is 0 Å². The highest BCUT2D eigenvalue weighted by atomic mass is 32.1. The molecule has 7 heterocycles. The van der Waals surface area contributed by atoms with Crippen LogP contribution in [-0.2, 0) is 0 Å². The van der Waals surface area contributed by atoms with Gasteiger partial charge in [-0.25, -0.2) is 19.9 Å². The van der Waals surface area contributed by atoms with Crippen LogP contribution >= 0.6 is 11.3 Å². The standard InChI is InChI=1S/C51H32N4O.C45H26N4OS/c1-3-13-34(14-4-1)49-52-50(35-15-5-2-6-16-35)54-51(53-49)43-20-8-7-17-39(43)33-23-27-38(28-24-33)55-45-21-11-9-18-40(45)44-31-36(26-30-46(44)55)37-25-29-42-41-19-10-12-22-47(41)56-48(42)32-37;1-2-11-27(12-3-1)43-46-44(35-17-10-16-34-33-15-6-9-20-41(33)51-42(34)35)48-45(47-43)49-37-18-7-4-13-30(37)36-25-28(22-24-38(36)49)29-21-23-32-31-14-5-8-19-39(31)50-40(32)26-29/h1-32H;1-26H. The molecule has 0 bridgehead atoms. The van der Waals surface area contributed by atoms with E-state index in [9.17, 15) is 0 Å². The molecule has 500 valence electrons. The molecule has 0 spiro atoms. The lowest BCUT2D eigenvalue weighted by atomic mass is 9.98. The lowest BCUT2D eigenvalue weighted by Gasteiger charge is -2.13. The Balaban J connectivity index is 0.000000138. The van der Waals surface area contributed by atoms with Gasteiger partial charge < -0.3 is 13.4 Å². The fourth-order valence-corrected chi connectivity index (χ4v) is 16.7. The molecule has 0 amide bonds. The Morgan fingerprint density at radius 2 is 0.598 bits per heavy atom. The van der Waals surface area contributed by atoms with E-state index in [-0.39, 0.29) is 0 Å². The molecule has 107 heavy (non-hydrogen) atoms. The predicted molar refractivity (Wildman–Crippen MR) is 439 cm³/mol. The molecule has 10 nitrogen and oxygen atoms in total. The summed E-state index contributed by atoms with van der Waals surface area (Å²) >= 11 is 1.78. The van der Waals surface area contributed by atoms with Gasteiger partial charge in [-0.1, -0.05) is 255 Å². The van der Waals surface area contributed by atoms with E-state index in [4.69, 9.17) is 38.7 Å². The van der Waals surface area contributed by atoms with Crippen molar-refractivity contribution in [3.05, 3.63) is 352 Å². The zero-order valence-electron chi connectivity index (χ0n) is 57.3. The first kappa shape index (κ1) is 61.4. The van der Waals surface area contributed by atoms with Gasteiger partial charge in [0.25, 0.3) is 0 Å². The van der Waals surface area contributed by atoms with Gasteiger partial charge in [0.1, 0.15) is 22.3 Å². The summed E-state index contributed by atoms with van der Waals surface area (Å²) in [6, 6.07) is 123. The fraction of sp³-hybridized carbons (Fsp3) is 0. The maximum atomic E-state index is 6.25. The topological polar surface area (TPSA) is 113 Å². The number of hydrogen-bond acceptors (Lipinski definition) is 9. The van der Waals surface area contributed by atoms with Crippen molar-refractivity contribution in [1.82, 2.24) is 39.0 Å². The molecule has 0 N–H and O–H groups in total. The van der Waals surface area contributed by atoms with Crippen molar-refractivity contribution in [2.24, 2.45) is 0 Å². The number of aromatic nitrogens is 8. The third kappa shape index (κ3) is 10.6. The molecule has 0 saturated carbocycles. The second-order valence-corrected chi connectivity index (χ2v) is 27.9. The van der Waals surface area contributed by atoms with Crippen molar-refractivity contribution in [1.29, 1.82) is 0 Å². The van der Waals surface area contributed by atoms with Crippen LogP contribution in [0.4, 0.5) is 0 Å². The number of hydrogen-bond donors (Lipinski definition) is 0. The minimum atomic E-state index is 0.583. The van der Waals surface area contributed by atoms with Gasteiger partial charge in [-0.2, -0.15) is 9.97 Å². The lowest BCUT2D eigenvalue weighted by molar-refractivity contribution is 0.668. The van der Waals surface area contributed by atoms with Crippen molar-refractivity contribution < 1.29 is 8.83 Å². The molecule has 0 aliphatic carbocycles. The van der Waals surface area contributed by atoms with Gasteiger partial charge in [-0.15, -0.1) is 11.3 Å². The van der Waals surface area contributed by atoms with Crippen LogP contribution in [0.3, 0.4) is 0 Å². The molecule has 11 heteroatoms. The Labute approximate surface area is 616 Å². The quantitative estimate of drug-likeness (QED) is 0.133. The summed E-state index contributed by atoms with van der Waals surface area (Å²) in [5.74, 6) is 3.79. The average Bonchev–Trinajstić information content (AvgIpc) is 1.61. The summed E-state index contributed by atoms with van der Waals surface area (Å²) in [4.78, 5) is 30.5. The number of rotatable bonds is 10. The summed E-state index contributed by atoms with van der Waals surface area (Å²) in [5.41, 5.74) is 20.5. The van der Waals surface area contributed by atoms with Crippen molar-refractivity contribution in [2.75, 3.05) is 0 Å². The van der Waals surface area contributed by atoms with E-state index in [1.54, 1.807) is 11.3 Å². The maximum absolute atomic E-state index is 6.25. The number of thiophene rings is 1. The van der Waals surface area contributed by atoms with Crippen LogP contribution in [0.5, 0.6) is 0 Å². The summed E-state index contributed by atoms with van der Waals surface area (Å²) in [5, 5.41) is 11.7. The van der Waals surface area contributed by atoms with E-state index in [0.717, 1.165) is 144 Å². The molecular formula is C96H58N8O2S. The van der Waals surface area contributed by atoms with Crippen molar-refractivity contribution in [3.63, 3.8) is 0 Å². The SMILES string of the molecule is c1ccc(-c2nc(-c3cccc4c3sc3ccccc34)nc(-n3c4ccccc4c4cc(-c5ccc6c(c5)oc5ccccc56)ccc43)n2)cc1.c1ccc(-c2nc(-c3ccccc3)nc(-c3ccccc3-c3ccc(-n4c5ccccc5c5cc(-c6ccc7c(c6)oc6ccccc67)ccc54)cc3)n2)cc1. The summed E-state index contributed by atoms with van der Waals surface area (Å²) in [6.45, 7) is 0. The zero-order valence-corrected chi connectivity index (χ0v) is 58.1. The van der Waals surface area contributed by atoms with E-state index < -0.39 is 0 Å². The smallest absolute Gasteiger partial charge is 0.238 e. The molecule has 0 aliphatic heterocycles. The van der Waals surface area contributed by atoms with Gasteiger partial charge in [-0.05, 0) is 130 Å². The largest absolute Gasteiger partial charge is 0.456 e. The monoisotopic (exact) mass is 1390 g/mol. The average molecular weight is 1390 g/mol. The Bertz CT molecular complexity index is 7200. The maximum Gasteiger partial charge on any atom is 0.238 e. The third-order valence-electron chi connectivity index (χ3n) is 20.6. The van der Waals surface area contributed by atoms with Crippen LogP contribution in [0.25, 0.3) is 210 Å². The highest BCUT2D eigenvalue weighted by molar-refractivity contribution is 7.26. The van der Waals surface area contributed by atoms with Gasteiger partial charge in [0.05, 0.1) is 22.1 Å². The molecular weight excluding hydrogens is 1330 g/mol. The van der Waals surface area contributed by atoms with Gasteiger partial charge in [-0.3, -0.25) is 4.57 Å². The normalized spacial score (nSPS) is 11.7. The molecule has 0 unspecified atom stereocenters. The molecule has 0 atom stereocenters. The first-order valence-electron chi connectivity index (χ1n) is 35.7. The molecule has 22 rings (SSSR count). The Morgan fingerprint density at radius 1 is 0.215 bits per heavy atom. The molecule has 15 aromatic carbocycles. The van der Waals surface area contributed by atoms with Crippen LogP contribution in [0.1, 0.15) is 0 Å². The molecule has 22 aromatic rings. The van der Waals surface area contributed by atoms with E-state index in [2.05, 4.69) is 252 Å². The zero-order chi connectivity index (χ0) is 70.5. The van der Waals surface area contributed by atoms with Crippen LogP contribution < -0.4 is 0 Å². The van der Waals surface area contributed by atoms with Gasteiger partial charge in [0.15, 0.2) is 29.1 Å². The number of fused-ring (bicyclic) bond motifs is 15. The van der Waals surface area contributed by atoms with E-state index >= 15 is 0 Å². The minimum absolute atomic E-state index is 0.583. The first-order valence-corrected chi connectivity index (χ1v) is 36.5. The van der Waals surface area contributed by atoms with Crippen LogP contribution in [0.15, 0.2) is 361 Å². The highest BCUT2D eigenvalue weighted by Gasteiger charge is 2.23.